The summed E-state index contributed by atoms with van der Waals surface area (Å²) >= 11 is 0. The van der Waals surface area contributed by atoms with Crippen molar-refractivity contribution < 1.29 is 23.9 Å². The molecule has 31 heavy (non-hydrogen) atoms. The van der Waals surface area contributed by atoms with Crippen molar-refractivity contribution in [3.8, 4) is 11.5 Å². The molecule has 1 atom stereocenters. The van der Waals surface area contributed by atoms with E-state index in [0.29, 0.717) is 18.0 Å². The van der Waals surface area contributed by atoms with Gasteiger partial charge in [0.25, 0.3) is 5.91 Å². The van der Waals surface area contributed by atoms with Gasteiger partial charge in [0.05, 0.1) is 19.6 Å². The van der Waals surface area contributed by atoms with E-state index < -0.39 is 6.04 Å². The third-order valence-corrected chi connectivity index (χ3v) is 4.42. The number of hydrogen-bond donors (Lipinski definition) is 3. The lowest BCUT2D eigenvalue weighted by atomic mass is 10.0. The van der Waals surface area contributed by atoms with Crippen molar-refractivity contribution in [2.75, 3.05) is 20.3 Å². The van der Waals surface area contributed by atoms with E-state index in [4.69, 9.17) is 9.47 Å². The predicted molar refractivity (Wildman–Crippen MR) is 117 cm³/mol. The molecular weight excluding hydrogens is 398 g/mol. The SMILES string of the molecule is CCNC(=O)COc1ccc(CNC(=O)CC(NC(C)=O)c2ccccc2)cc1OC. The number of rotatable bonds is 11. The molecule has 3 N–H and O–H groups in total. The van der Waals surface area contributed by atoms with Crippen LogP contribution in [-0.4, -0.2) is 38.0 Å². The molecule has 1 unspecified atom stereocenters. The van der Waals surface area contributed by atoms with Crippen molar-refractivity contribution in [2.24, 2.45) is 0 Å². The highest BCUT2D eigenvalue weighted by Crippen LogP contribution is 2.28. The summed E-state index contributed by atoms with van der Waals surface area (Å²) in [5.74, 6) is 0.302. The van der Waals surface area contributed by atoms with Gasteiger partial charge in [0, 0.05) is 20.0 Å². The lowest BCUT2D eigenvalue weighted by Crippen LogP contribution is -2.32. The number of amides is 3. The van der Waals surface area contributed by atoms with Gasteiger partial charge in [0.15, 0.2) is 18.1 Å². The maximum atomic E-state index is 12.5. The highest BCUT2D eigenvalue weighted by Gasteiger charge is 2.17. The Balaban J connectivity index is 1.95. The van der Waals surface area contributed by atoms with Crippen LogP contribution in [0.25, 0.3) is 0 Å². The maximum absolute atomic E-state index is 12.5. The summed E-state index contributed by atoms with van der Waals surface area (Å²) in [5, 5.41) is 8.33. The molecular formula is C23H29N3O5. The minimum absolute atomic E-state index is 0.107. The van der Waals surface area contributed by atoms with E-state index in [1.54, 1.807) is 18.2 Å². The van der Waals surface area contributed by atoms with Crippen LogP contribution >= 0.6 is 0 Å². The average molecular weight is 428 g/mol. The van der Waals surface area contributed by atoms with Crippen molar-refractivity contribution in [3.63, 3.8) is 0 Å². The van der Waals surface area contributed by atoms with E-state index >= 15 is 0 Å². The molecule has 0 fully saturated rings. The summed E-state index contributed by atoms with van der Waals surface area (Å²) in [7, 11) is 1.51. The molecule has 0 bridgehead atoms. The second-order valence-corrected chi connectivity index (χ2v) is 6.87. The molecule has 3 amide bonds. The van der Waals surface area contributed by atoms with Crippen LogP contribution in [0.1, 0.15) is 37.4 Å². The van der Waals surface area contributed by atoms with Gasteiger partial charge in [-0.15, -0.1) is 0 Å². The number of carbonyl (C=O) groups excluding carboxylic acids is 3. The fraction of sp³-hybridized carbons (Fsp3) is 0.348. The van der Waals surface area contributed by atoms with Gasteiger partial charge in [-0.25, -0.2) is 0 Å². The number of carbonyl (C=O) groups is 3. The summed E-state index contributed by atoms with van der Waals surface area (Å²) in [6, 6.07) is 14.2. The van der Waals surface area contributed by atoms with Crippen LogP contribution in [0.4, 0.5) is 0 Å². The highest BCUT2D eigenvalue weighted by molar-refractivity contribution is 5.79. The number of benzene rings is 2. The maximum Gasteiger partial charge on any atom is 0.257 e. The first-order chi connectivity index (χ1) is 14.9. The first kappa shape index (κ1) is 23.7. The Bertz CT molecular complexity index is 886. The zero-order chi connectivity index (χ0) is 22.6. The minimum Gasteiger partial charge on any atom is -0.493 e. The third-order valence-electron chi connectivity index (χ3n) is 4.42. The second-order valence-electron chi connectivity index (χ2n) is 6.87. The quantitative estimate of drug-likeness (QED) is 0.509. The lowest BCUT2D eigenvalue weighted by molar-refractivity contribution is -0.124. The average Bonchev–Trinajstić information content (AvgIpc) is 2.76. The Morgan fingerprint density at radius 2 is 1.71 bits per heavy atom. The fourth-order valence-electron chi connectivity index (χ4n) is 2.97. The first-order valence-corrected chi connectivity index (χ1v) is 10.1. The molecule has 0 aliphatic heterocycles. The molecule has 0 saturated carbocycles. The van der Waals surface area contributed by atoms with Crippen LogP contribution in [-0.2, 0) is 20.9 Å². The van der Waals surface area contributed by atoms with Crippen LogP contribution < -0.4 is 25.4 Å². The summed E-state index contributed by atoms with van der Waals surface area (Å²) in [5.41, 5.74) is 1.68. The lowest BCUT2D eigenvalue weighted by Gasteiger charge is -2.18. The van der Waals surface area contributed by atoms with Gasteiger partial charge in [-0.05, 0) is 30.2 Å². The Kier molecular flexibility index (Phi) is 9.35. The number of likely N-dealkylation sites (N-methyl/N-ethyl adjacent to an activating group) is 1. The largest absolute Gasteiger partial charge is 0.493 e. The van der Waals surface area contributed by atoms with Crippen molar-refractivity contribution >= 4 is 17.7 Å². The van der Waals surface area contributed by atoms with Crippen LogP contribution in [0.3, 0.4) is 0 Å². The van der Waals surface area contributed by atoms with Gasteiger partial charge in [-0.3, -0.25) is 14.4 Å². The highest BCUT2D eigenvalue weighted by atomic mass is 16.5. The van der Waals surface area contributed by atoms with Crippen molar-refractivity contribution in [1.29, 1.82) is 0 Å². The zero-order valence-electron chi connectivity index (χ0n) is 18.1. The van der Waals surface area contributed by atoms with E-state index in [1.165, 1.54) is 14.0 Å². The van der Waals surface area contributed by atoms with Crippen molar-refractivity contribution in [3.05, 3.63) is 59.7 Å². The minimum atomic E-state index is -0.404. The molecule has 0 aliphatic carbocycles. The molecule has 2 rings (SSSR count). The molecule has 0 spiro atoms. The van der Waals surface area contributed by atoms with E-state index in [-0.39, 0.29) is 37.3 Å². The van der Waals surface area contributed by atoms with E-state index in [2.05, 4.69) is 16.0 Å². The normalized spacial score (nSPS) is 11.2. The number of hydrogen-bond acceptors (Lipinski definition) is 5. The molecule has 8 nitrogen and oxygen atoms in total. The van der Waals surface area contributed by atoms with E-state index in [0.717, 1.165) is 11.1 Å². The molecule has 8 heteroatoms. The Morgan fingerprint density at radius 1 is 0.968 bits per heavy atom. The zero-order valence-corrected chi connectivity index (χ0v) is 18.1. The number of ether oxygens (including phenoxy) is 2. The van der Waals surface area contributed by atoms with Gasteiger partial charge in [0.2, 0.25) is 11.8 Å². The van der Waals surface area contributed by atoms with Gasteiger partial charge >= 0.3 is 0 Å². The summed E-state index contributed by atoms with van der Waals surface area (Å²) in [6.45, 7) is 3.97. The Morgan fingerprint density at radius 3 is 2.35 bits per heavy atom. The van der Waals surface area contributed by atoms with E-state index in [1.807, 2.05) is 37.3 Å². The number of nitrogens with one attached hydrogen (secondary N) is 3. The van der Waals surface area contributed by atoms with Crippen molar-refractivity contribution in [1.82, 2.24) is 16.0 Å². The predicted octanol–water partition coefficient (Wildman–Crippen LogP) is 2.09. The molecule has 0 heterocycles. The number of methoxy groups -OCH3 is 1. The van der Waals surface area contributed by atoms with Crippen LogP contribution in [0.5, 0.6) is 11.5 Å². The molecule has 2 aromatic carbocycles. The van der Waals surface area contributed by atoms with E-state index in [9.17, 15) is 14.4 Å². The van der Waals surface area contributed by atoms with Crippen LogP contribution in [0, 0.1) is 0 Å². The standard InChI is InChI=1S/C23H29N3O5/c1-4-24-23(29)15-31-20-11-10-17(12-21(20)30-3)14-25-22(28)13-19(26-16(2)27)18-8-6-5-7-9-18/h5-12,19H,4,13-15H2,1-3H3,(H,24,29)(H,25,28)(H,26,27). The first-order valence-electron chi connectivity index (χ1n) is 10.1. The molecule has 0 radical (unpaired) electrons. The van der Waals surface area contributed by atoms with Gasteiger partial charge in [0.1, 0.15) is 0 Å². The molecule has 0 saturated heterocycles. The van der Waals surface area contributed by atoms with Gasteiger partial charge in [-0.2, -0.15) is 0 Å². The Labute approximate surface area is 182 Å². The third kappa shape index (κ3) is 8.00. The fourth-order valence-corrected chi connectivity index (χ4v) is 2.97. The molecule has 166 valence electrons. The Hall–Kier alpha value is -3.55. The molecule has 0 aliphatic rings. The summed E-state index contributed by atoms with van der Waals surface area (Å²) < 4.78 is 10.8. The topological polar surface area (TPSA) is 106 Å². The molecule has 2 aromatic rings. The van der Waals surface area contributed by atoms with Crippen LogP contribution in [0.15, 0.2) is 48.5 Å². The second kappa shape index (κ2) is 12.2. The van der Waals surface area contributed by atoms with Gasteiger partial charge < -0.3 is 25.4 Å². The monoisotopic (exact) mass is 427 g/mol. The van der Waals surface area contributed by atoms with Crippen molar-refractivity contribution in [2.45, 2.75) is 32.9 Å². The summed E-state index contributed by atoms with van der Waals surface area (Å²) in [6.07, 6.45) is 0.120. The van der Waals surface area contributed by atoms with Gasteiger partial charge in [-0.1, -0.05) is 36.4 Å². The smallest absolute Gasteiger partial charge is 0.257 e. The summed E-state index contributed by atoms with van der Waals surface area (Å²) in [4.78, 5) is 35.6. The molecule has 0 aromatic heterocycles. The van der Waals surface area contributed by atoms with Crippen LogP contribution in [0.2, 0.25) is 0 Å².